The fourth-order valence-electron chi connectivity index (χ4n) is 0.869. The molecule has 0 aliphatic rings. The Hall–Kier alpha value is -1.26. The molecule has 0 spiro atoms. The summed E-state index contributed by atoms with van der Waals surface area (Å²) in [7, 11) is 0. The Kier molecular flexibility index (Phi) is 3.54. The number of hydrogen-bond donors (Lipinski definition) is 1. The molecule has 1 aromatic rings. The van der Waals surface area contributed by atoms with Gasteiger partial charge in [-0.05, 0) is 6.42 Å². The zero-order chi connectivity index (χ0) is 9.68. The van der Waals surface area contributed by atoms with Gasteiger partial charge in [-0.2, -0.15) is 0 Å². The van der Waals surface area contributed by atoms with Crippen LogP contribution in [0.2, 0.25) is 0 Å². The Labute approximate surface area is 75.2 Å². The van der Waals surface area contributed by atoms with E-state index < -0.39 is 6.43 Å². The molecule has 0 bridgehead atoms. The number of rotatable bonds is 4. The van der Waals surface area contributed by atoms with Crippen molar-refractivity contribution < 1.29 is 8.78 Å². The lowest BCUT2D eigenvalue weighted by Gasteiger charge is -2.04. The van der Waals surface area contributed by atoms with Crippen molar-refractivity contribution in [1.29, 1.82) is 0 Å². The molecule has 0 saturated heterocycles. The van der Waals surface area contributed by atoms with Crippen molar-refractivity contribution in [3.63, 3.8) is 0 Å². The number of alkyl halides is 2. The van der Waals surface area contributed by atoms with Crippen molar-refractivity contribution >= 4 is 5.82 Å². The van der Waals surface area contributed by atoms with Crippen LogP contribution in [0, 0.1) is 0 Å². The van der Waals surface area contributed by atoms with Gasteiger partial charge in [0.05, 0.1) is 6.54 Å². The molecular weight excluding hydrogens is 176 g/mol. The SMILES string of the molecule is CCc1cc(NCC(F)F)ncn1. The van der Waals surface area contributed by atoms with Crippen LogP contribution in [0.15, 0.2) is 12.4 Å². The molecule has 0 aliphatic carbocycles. The summed E-state index contributed by atoms with van der Waals surface area (Å²) in [5, 5.41) is 2.52. The third-order valence-corrected chi connectivity index (χ3v) is 1.52. The second-order valence-corrected chi connectivity index (χ2v) is 2.52. The second-order valence-electron chi connectivity index (χ2n) is 2.52. The quantitative estimate of drug-likeness (QED) is 0.779. The number of nitrogens with zero attached hydrogens (tertiary/aromatic N) is 2. The normalized spacial score (nSPS) is 10.5. The highest BCUT2D eigenvalue weighted by Crippen LogP contribution is 2.04. The first-order chi connectivity index (χ1) is 6.22. The fourth-order valence-corrected chi connectivity index (χ4v) is 0.869. The zero-order valence-electron chi connectivity index (χ0n) is 7.30. The number of aromatic nitrogens is 2. The van der Waals surface area contributed by atoms with E-state index in [1.165, 1.54) is 6.33 Å². The summed E-state index contributed by atoms with van der Waals surface area (Å²) < 4.78 is 23.6. The molecule has 5 heteroatoms. The van der Waals surface area contributed by atoms with Gasteiger partial charge < -0.3 is 5.32 Å². The van der Waals surface area contributed by atoms with E-state index >= 15 is 0 Å². The maximum atomic E-state index is 11.8. The molecule has 3 nitrogen and oxygen atoms in total. The van der Waals surface area contributed by atoms with Crippen molar-refractivity contribution in [1.82, 2.24) is 9.97 Å². The summed E-state index contributed by atoms with van der Waals surface area (Å²) in [6.07, 6.45) is -0.224. The van der Waals surface area contributed by atoms with Gasteiger partial charge >= 0.3 is 0 Å². The Morgan fingerprint density at radius 1 is 1.46 bits per heavy atom. The van der Waals surface area contributed by atoms with E-state index in [4.69, 9.17) is 0 Å². The van der Waals surface area contributed by atoms with Crippen molar-refractivity contribution in [3.8, 4) is 0 Å². The molecular formula is C8H11F2N3. The van der Waals surface area contributed by atoms with Gasteiger partial charge in [0.2, 0.25) is 0 Å². The predicted molar refractivity (Wildman–Crippen MR) is 45.9 cm³/mol. The molecule has 1 heterocycles. The average molecular weight is 187 g/mol. The van der Waals surface area contributed by atoms with E-state index in [1.54, 1.807) is 6.07 Å². The van der Waals surface area contributed by atoms with Gasteiger partial charge in [0.1, 0.15) is 12.1 Å². The number of nitrogens with one attached hydrogen (secondary N) is 1. The van der Waals surface area contributed by atoms with Crippen LogP contribution in [0.25, 0.3) is 0 Å². The number of anilines is 1. The van der Waals surface area contributed by atoms with Gasteiger partial charge in [0, 0.05) is 11.8 Å². The van der Waals surface area contributed by atoms with Gasteiger partial charge in [-0.3, -0.25) is 0 Å². The predicted octanol–water partition coefficient (Wildman–Crippen LogP) is 1.72. The third-order valence-electron chi connectivity index (χ3n) is 1.52. The molecule has 1 aromatic heterocycles. The van der Waals surface area contributed by atoms with E-state index in [0.29, 0.717) is 5.82 Å². The standard InChI is InChI=1S/C8H11F2N3/c1-2-6-3-8(13-5-12-6)11-4-7(9)10/h3,5,7H,2,4H2,1H3,(H,11,12,13). The zero-order valence-corrected chi connectivity index (χ0v) is 7.30. The first-order valence-corrected chi connectivity index (χ1v) is 4.05. The van der Waals surface area contributed by atoms with Crippen molar-refractivity contribution in [3.05, 3.63) is 18.1 Å². The average Bonchev–Trinajstić information content (AvgIpc) is 2.15. The van der Waals surface area contributed by atoms with E-state index in [2.05, 4.69) is 15.3 Å². The second kappa shape index (κ2) is 4.69. The largest absolute Gasteiger partial charge is 0.364 e. The van der Waals surface area contributed by atoms with Crippen LogP contribution >= 0.6 is 0 Å². The summed E-state index contributed by atoms with van der Waals surface area (Å²) in [6.45, 7) is 1.57. The van der Waals surface area contributed by atoms with Crippen LogP contribution in [-0.2, 0) is 6.42 Å². The van der Waals surface area contributed by atoms with Crippen LogP contribution < -0.4 is 5.32 Å². The van der Waals surface area contributed by atoms with Crippen molar-refractivity contribution in [2.45, 2.75) is 19.8 Å². The summed E-state index contributed by atoms with van der Waals surface area (Å²) in [6, 6.07) is 1.67. The minimum absolute atomic E-state index is 0.375. The van der Waals surface area contributed by atoms with Crippen LogP contribution in [-0.4, -0.2) is 22.9 Å². The van der Waals surface area contributed by atoms with Gasteiger partial charge in [-0.1, -0.05) is 6.92 Å². The first kappa shape index (κ1) is 9.83. The van der Waals surface area contributed by atoms with Crippen molar-refractivity contribution in [2.24, 2.45) is 0 Å². The third kappa shape index (κ3) is 3.31. The maximum Gasteiger partial charge on any atom is 0.255 e. The highest BCUT2D eigenvalue weighted by Gasteiger charge is 2.02. The molecule has 72 valence electrons. The first-order valence-electron chi connectivity index (χ1n) is 4.05. The summed E-state index contributed by atoms with van der Waals surface area (Å²) in [5.74, 6) is 0.451. The lowest BCUT2D eigenvalue weighted by molar-refractivity contribution is 0.163. The number of aryl methyl sites for hydroxylation is 1. The lowest BCUT2D eigenvalue weighted by atomic mass is 10.3. The van der Waals surface area contributed by atoms with E-state index in [9.17, 15) is 8.78 Å². The van der Waals surface area contributed by atoms with Crippen LogP contribution in [0.5, 0.6) is 0 Å². The highest BCUT2D eigenvalue weighted by molar-refractivity contribution is 5.34. The lowest BCUT2D eigenvalue weighted by Crippen LogP contribution is -2.11. The summed E-state index contributed by atoms with van der Waals surface area (Å²) >= 11 is 0. The molecule has 0 fully saturated rings. The van der Waals surface area contributed by atoms with E-state index in [1.807, 2.05) is 6.92 Å². The summed E-state index contributed by atoms with van der Waals surface area (Å²) in [4.78, 5) is 7.75. The molecule has 0 aromatic carbocycles. The Morgan fingerprint density at radius 3 is 2.85 bits per heavy atom. The molecule has 0 aliphatic heterocycles. The molecule has 0 saturated carbocycles. The maximum absolute atomic E-state index is 11.8. The van der Waals surface area contributed by atoms with Crippen LogP contribution in [0.3, 0.4) is 0 Å². The minimum atomic E-state index is -2.36. The number of hydrogen-bond acceptors (Lipinski definition) is 3. The molecule has 0 radical (unpaired) electrons. The van der Waals surface area contributed by atoms with Crippen LogP contribution in [0.4, 0.5) is 14.6 Å². The Balaban J connectivity index is 2.56. The number of halogens is 2. The highest BCUT2D eigenvalue weighted by atomic mass is 19.3. The topological polar surface area (TPSA) is 37.8 Å². The van der Waals surface area contributed by atoms with Crippen LogP contribution in [0.1, 0.15) is 12.6 Å². The van der Waals surface area contributed by atoms with Gasteiger partial charge in [-0.15, -0.1) is 0 Å². The molecule has 0 amide bonds. The van der Waals surface area contributed by atoms with E-state index in [-0.39, 0.29) is 6.54 Å². The fraction of sp³-hybridized carbons (Fsp3) is 0.500. The molecule has 1 N–H and O–H groups in total. The van der Waals surface area contributed by atoms with E-state index in [0.717, 1.165) is 12.1 Å². The Bertz CT molecular complexity index is 265. The monoisotopic (exact) mass is 187 g/mol. The molecule has 0 unspecified atom stereocenters. The smallest absolute Gasteiger partial charge is 0.255 e. The van der Waals surface area contributed by atoms with Gasteiger partial charge in [-0.25, -0.2) is 18.7 Å². The molecule has 13 heavy (non-hydrogen) atoms. The van der Waals surface area contributed by atoms with Gasteiger partial charge in [0.15, 0.2) is 0 Å². The molecule has 0 atom stereocenters. The Morgan fingerprint density at radius 2 is 2.23 bits per heavy atom. The summed E-state index contributed by atoms with van der Waals surface area (Å²) in [5.41, 5.74) is 0.840. The van der Waals surface area contributed by atoms with Crippen molar-refractivity contribution in [2.75, 3.05) is 11.9 Å². The molecule has 1 rings (SSSR count). The minimum Gasteiger partial charge on any atom is -0.364 e. The van der Waals surface area contributed by atoms with Gasteiger partial charge in [0.25, 0.3) is 6.43 Å².